The second-order valence-electron chi connectivity index (χ2n) is 5.26. The Bertz CT molecular complexity index is 493. The minimum absolute atomic E-state index is 0.768. The number of hydrogen-bond acceptors (Lipinski definition) is 1. The van der Waals surface area contributed by atoms with Crippen LogP contribution < -0.4 is 4.74 Å². The van der Waals surface area contributed by atoms with Crippen LogP contribution in [0, 0.1) is 0 Å². The molecule has 0 saturated carbocycles. The molecule has 0 radical (unpaired) electrons. The molecule has 0 saturated heterocycles. The van der Waals surface area contributed by atoms with E-state index in [1.807, 2.05) is 6.07 Å². The van der Waals surface area contributed by atoms with Crippen LogP contribution in [0.3, 0.4) is 0 Å². The molecule has 0 aliphatic heterocycles. The Labute approximate surface area is 132 Å². The van der Waals surface area contributed by atoms with E-state index in [9.17, 15) is 0 Å². The fourth-order valence-corrected chi connectivity index (χ4v) is 2.46. The fourth-order valence-electron chi connectivity index (χ4n) is 2.28. The summed E-state index contributed by atoms with van der Waals surface area (Å²) in [5.74, 6) is 1.73. The molecule has 21 heavy (non-hydrogen) atoms. The summed E-state index contributed by atoms with van der Waals surface area (Å²) in [6.07, 6.45) is 5.57. The van der Waals surface area contributed by atoms with Crippen molar-refractivity contribution in [2.45, 2.75) is 32.1 Å². The molecule has 2 heteroatoms. The van der Waals surface area contributed by atoms with Gasteiger partial charge in [-0.2, -0.15) is 0 Å². The topological polar surface area (TPSA) is 9.23 Å². The molecule has 0 aromatic heterocycles. The second kappa shape index (κ2) is 9.46. The summed E-state index contributed by atoms with van der Waals surface area (Å²) in [7, 11) is 0. The van der Waals surface area contributed by atoms with Crippen molar-refractivity contribution in [3.8, 4) is 5.75 Å². The maximum Gasteiger partial charge on any atom is 0.119 e. The van der Waals surface area contributed by atoms with Crippen molar-refractivity contribution in [2.24, 2.45) is 0 Å². The van der Waals surface area contributed by atoms with E-state index >= 15 is 0 Å². The lowest BCUT2D eigenvalue weighted by Gasteiger charge is -2.07. The minimum Gasteiger partial charge on any atom is -0.494 e. The van der Waals surface area contributed by atoms with Gasteiger partial charge in [0.1, 0.15) is 5.75 Å². The lowest BCUT2D eigenvalue weighted by molar-refractivity contribution is 0.305. The van der Waals surface area contributed by atoms with Crippen LogP contribution in [0.2, 0.25) is 0 Å². The van der Waals surface area contributed by atoms with Gasteiger partial charge in [0, 0.05) is 5.88 Å². The van der Waals surface area contributed by atoms with E-state index in [1.54, 1.807) is 0 Å². The van der Waals surface area contributed by atoms with Gasteiger partial charge in [0.05, 0.1) is 6.61 Å². The van der Waals surface area contributed by atoms with E-state index in [1.165, 1.54) is 24.0 Å². The highest BCUT2D eigenvalue weighted by Gasteiger charge is 1.98. The predicted octanol–water partition coefficient (Wildman–Crippen LogP) is 5.46. The summed E-state index contributed by atoms with van der Waals surface area (Å²) < 4.78 is 5.76. The van der Waals surface area contributed by atoms with Crippen LogP contribution in [0.4, 0.5) is 0 Å². The van der Waals surface area contributed by atoms with Crippen molar-refractivity contribution in [1.29, 1.82) is 0 Å². The van der Waals surface area contributed by atoms with Crippen molar-refractivity contribution in [3.63, 3.8) is 0 Å². The lowest BCUT2D eigenvalue weighted by atomic mass is 10.1. The molecule has 0 amide bonds. The molecule has 2 aromatic carbocycles. The molecule has 112 valence electrons. The zero-order chi connectivity index (χ0) is 14.8. The Morgan fingerprint density at radius 2 is 1.38 bits per heavy atom. The quantitative estimate of drug-likeness (QED) is 0.442. The molecule has 0 aliphatic carbocycles. The van der Waals surface area contributed by atoms with Crippen LogP contribution in [0.5, 0.6) is 5.75 Å². The van der Waals surface area contributed by atoms with Crippen LogP contribution >= 0.6 is 11.6 Å². The van der Waals surface area contributed by atoms with Crippen molar-refractivity contribution >= 4 is 11.6 Å². The van der Waals surface area contributed by atoms with Crippen LogP contribution in [0.1, 0.15) is 36.8 Å². The van der Waals surface area contributed by atoms with Gasteiger partial charge in [-0.1, -0.05) is 55.3 Å². The fraction of sp³-hybridized carbons (Fsp3) is 0.368. The molecular weight excluding hydrogens is 280 g/mol. The van der Waals surface area contributed by atoms with Gasteiger partial charge >= 0.3 is 0 Å². The third kappa shape index (κ3) is 6.22. The summed E-state index contributed by atoms with van der Waals surface area (Å²) in [6.45, 7) is 0.792. The van der Waals surface area contributed by atoms with Crippen LogP contribution in [0.25, 0.3) is 0 Å². The average molecular weight is 303 g/mol. The number of unbranched alkanes of at least 4 members (excludes halogenated alkanes) is 3. The van der Waals surface area contributed by atoms with E-state index in [0.717, 1.165) is 37.5 Å². The minimum atomic E-state index is 0.768. The van der Waals surface area contributed by atoms with E-state index < -0.39 is 0 Å². The molecule has 0 unspecified atom stereocenters. The van der Waals surface area contributed by atoms with Gasteiger partial charge in [-0.15, -0.1) is 11.6 Å². The molecule has 0 bridgehead atoms. The molecule has 0 N–H and O–H groups in total. The van der Waals surface area contributed by atoms with Gasteiger partial charge in [0.25, 0.3) is 0 Å². The third-order valence-corrected chi connectivity index (χ3v) is 3.74. The Kier molecular flexibility index (Phi) is 7.17. The number of benzene rings is 2. The number of rotatable bonds is 9. The van der Waals surface area contributed by atoms with Crippen LogP contribution in [-0.4, -0.2) is 12.5 Å². The largest absolute Gasteiger partial charge is 0.494 e. The van der Waals surface area contributed by atoms with Crippen molar-refractivity contribution in [2.75, 3.05) is 12.5 Å². The highest BCUT2D eigenvalue weighted by Crippen LogP contribution is 2.15. The number of hydrogen-bond donors (Lipinski definition) is 0. The number of ether oxygens (including phenoxy) is 1. The van der Waals surface area contributed by atoms with Gasteiger partial charge < -0.3 is 4.74 Å². The molecule has 1 nitrogen and oxygen atoms in total. The predicted molar refractivity (Wildman–Crippen MR) is 90.4 cm³/mol. The molecular formula is C19H23ClO. The molecule has 2 rings (SSSR count). The van der Waals surface area contributed by atoms with Gasteiger partial charge in [-0.3, -0.25) is 0 Å². The first-order valence-electron chi connectivity index (χ1n) is 7.70. The molecule has 0 aliphatic rings. The Hall–Kier alpha value is -1.47. The molecule has 0 atom stereocenters. The molecule has 0 heterocycles. The summed E-state index contributed by atoms with van der Waals surface area (Å²) in [4.78, 5) is 0. The van der Waals surface area contributed by atoms with Gasteiger partial charge in [-0.25, -0.2) is 0 Å². The van der Waals surface area contributed by atoms with Crippen molar-refractivity contribution in [3.05, 3.63) is 65.7 Å². The van der Waals surface area contributed by atoms with E-state index in [-0.39, 0.29) is 0 Å². The van der Waals surface area contributed by atoms with Crippen molar-refractivity contribution in [1.82, 2.24) is 0 Å². The first-order valence-corrected chi connectivity index (χ1v) is 8.23. The Morgan fingerprint density at radius 1 is 0.714 bits per heavy atom. The average Bonchev–Trinajstić information content (AvgIpc) is 2.53. The standard InChI is InChI=1S/C19H23ClO/c20-14-6-1-2-7-15-21-19-12-10-18(11-13-19)16-17-8-4-3-5-9-17/h3-5,8-13H,1-2,6-7,14-16H2. The van der Waals surface area contributed by atoms with Gasteiger partial charge in [0.15, 0.2) is 0 Å². The van der Waals surface area contributed by atoms with E-state index in [2.05, 4.69) is 48.5 Å². The smallest absolute Gasteiger partial charge is 0.119 e. The second-order valence-corrected chi connectivity index (χ2v) is 5.64. The lowest BCUT2D eigenvalue weighted by Crippen LogP contribution is -1.97. The summed E-state index contributed by atoms with van der Waals surface area (Å²) >= 11 is 5.65. The molecule has 0 fully saturated rings. The zero-order valence-electron chi connectivity index (χ0n) is 12.4. The maximum atomic E-state index is 5.76. The van der Waals surface area contributed by atoms with Crippen LogP contribution in [0.15, 0.2) is 54.6 Å². The van der Waals surface area contributed by atoms with Gasteiger partial charge in [-0.05, 0) is 42.5 Å². The number of alkyl halides is 1. The first-order chi connectivity index (χ1) is 10.4. The molecule has 2 aromatic rings. The third-order valence-electron chi connectivity index (χ3n) is 3.47. The SMILES string of the molecule is ClCCCCCCOc1ccc(Cc2ccccc2)cc1. The normalized spacial score (nSPS) is 10.5. The van der Waals surface area contributed by atoms with Crippen molar-refractivity contribution < 1.29 is 4.74 Å². The summed E-state index contributed by atoms with van der Waals surface area (Å²) in [6, 6.07) is 19.0. The Balaban J connectivity index is 1.72. The van der Waals surface area contributed by atoms with E-state index in [0.29, 0.717) is 0 Å². The van der Waals surface area contributed by atoms with Gasteiger partial charge in [0.2, 0.25) is 0 Å². The Morgan fingerprint density at radius 3 is 2.10 bits per heavy atom. The summed E-state index contributed by atoms with van der Waals surface area (Å²) in [5, 5.41) is 0. The van der Waals surface area contributed by atoms with Crippen LogP contribution in [-0.2, 0) is 6.42 Å². The first kappa shape index (κ1) is 15.9. The highest BCUT2D eigenvalue weighted by atomic mass is 35.5. The zero-order valence-corrected chi connectivity index (χ0v) is 13.2. The number of halogens is 1. The molecule has 0 spiro atoms. The van der Waals surface area contributed by atoms with E-state index in [4.69, 9.17) is 16.3 Å². The summed E-state index contributed by atoms with van der Waals surface area (Å²) in [5.41, 5.74) is 2.65. The maximum absolute atomic E-state index is 5.76. The monoisotopic (exact) mass is 302 g/mol. The highest BCUT2D eigenvalue weighted by molar-refractivity contribution is 6.17.